The van der Waals surface area contributed by atoms with Gasteiger partial charge in [0.05, 0.1) is 29.1 Å². The number of aliphatic carboxylic acids is 1. The highest BCUT2D eigenvalue weighted by atomic mass is 16.4. The number of aryl methyl sites for hydroxylation is 2. The van der Waals surface area contributed by atoms with Crippen molar-refractivity contribution in [1.29, 1.82) is 0 Å². The van der Waals surface area contributed by atoms with E-state index in [1.807, 2.05) is 61.6 Å². The van der Waals surface area contributed by atoms with E-state index >= 15 is 0 Å². The molecule has 3 unspecified atom stereocenters. The van der Waals surface area contributed by atoms with Crippen LogP contribution in [0.25, 0.3) is 0 Å². The number of hydrogen-bond acceptors (Lipinski definition) is 12. The lowest BCUT2D eigenvalue weighted by atomic mass is 9.89. The predicted octanol–water partition coefficient (Wildman–Crippen LogP) is 8.42. The fourth-order valence-electron chi connectivity index (χ4n) is 11.3. The Kier molecular flexibility index (Phi) is 15.5. The van der Waals surface area contributed by atoms with Crippen molar-refractivity contribution in [2.75, 3.05) is 72.7 Å². The minimum absolute atomic E-state index is 0. The highest BCUT2D eigenvalue weighted by Crippen LogP contribution is 2.39. The van der Waals surface area contributed by atoms with Gasteiger partial charge in [-0.2, -0.15) is 14.9 Å². The molecular weight excluding hydrogens is 893 g/mol. The standard InChI is InChI=1S/2C18H22N4O.C11H13NO2.C7H11N3.CH4/c1-21-11-10-13(12-6-3-5-9-16(12)21)18(23)22-17(19)14-7-2-4-8-15(14)20-22;1-21-11-10-13(12-6-2-4-8-15(12)21)18(23)22-16-9-5-3-7-14(16)17(19)20-22;1-12-7-6-9(11(13)14)8-4-2-3-5-10(8)12;8-7-5-3-1-2-4-6(5)9-10-7;/h3,5-6,9,13H,2,4,7-8,10-11,19H2,1H3;2,4,6,8,13H,3,5,7,9-11H2,1H3,(H2,19,20);2-5,9H,6-7H2,1H3,(H,13,14);1-4H2,(H3,8,9,10);1H4. The Bertz CT molecular complexity index is 2860. The first kappa shape index (κ1) is 50.3. The van der Waals surface area contributed by atoms with Crippen molar-refractivity contribution >= 4 is 52.3 Å². The Morgan fingerprint density at radius 2 is 1.00 bits per heavy atom. The molecule has 16 heteroatoms. The number of anilines is 6. The monoisotopic (exact) mass is 965 g/mol. The number of hydrogen-bond donors (Lipinski definition) is 5. The van der Waals surface area contributed by atoms with Crippen LogP contribution in [0.1, 0.15) is 143 Å². The fourth-order valence-corrected chi connectivity index (χ4v) is 11.3. The van der Waals surface area contributed by atoms with E-state index in [1.54, 1.807) is 4.68 Å². The van der Waals surface area contributed by atoms with Crippen molar-refractivity contribution in [2.45, 2.75) is 121 Å². The summed E-state index contributed by atoms with van der Waals surface area (Å²) >= 11 is 0. The normalized spacial score (nSPS) is 19.4. The average Bonchev–Trinajstić information content (AvgIpc) is 4.06. The van der Waals surface area contributed by atoms with E-state index < -0.39 is 5.97 Å². The number of para-hydroxylation sites is 3. The summed E-state index contributed by atoms with van der Waals surface area (Å²) in [5.41, 5.74) is 31.1. The van der Waals surface area contributed by atoms with Crippen molar-refractivity contribution in [3.05, 3.63) is 123 Å². The number of H-pyrrole nitrogens is 1. The smallest absolute Gasteiger partial charge is 0.311 e. The summed E-state index contributed by atoms with van der Waals surface area (Å²) in [6.07, 6.45) is 15.3. The van der Waals surface area contributed by atoms with E-state index in [4.69, 9.17) is 22.3 Å². The minimum atomic E-state index is -0.717. The first-order valence-electron chi connectivity index (χ1n) is 25.2. The zero-order valence-electron chi connectivity index (χ0n) is 40.9. The highest BCUT2D eigenvalue weighted by molar-refractivity contribution is 5.91. The third-order valence-corrected chi connectivity index (χ3v) is 15.2. The van der Waals surface area contributed by atoms with Crippen LogP contribution in [0.15, 0.2) is 72.8 Å². The molecule has 0 radical (unpaired) electrons. The topological polar surface area (TPSA) is 224 Å². The number of aromatic nitrogens is 6. The van der Waals surface area contributed by atoms with Crippen molar-refractivity contribution in [2.24, 2.45) is 0 Å². The van der Waals surface area contributed by atoms with Gasteiger partial charge in [0.2, 0.25) is 0 Å². The molecule has 0 saturated carbocycles. The minimum Gasteiger partial charge on any atom is -0.481 e. The second-order valence-corrected chi connectivity index (χ2v) is 19.6. The van der Waals surface area contributed by atoms with E-state index in [2.05, 4.69) is 67.4 Å². The quantitative estimate of drug-likeness (QED) is 0.113. The summed E-state index contributed by atoms with van der Waals surface area (Å²) in [4.78, 5) is 43.8. The molecule has 3 aliphatic heterocycles. The van der Waals surface area contributed by atoms with Crippen molar-refractivity contribution in [1.82, 2.24) is 29.8 Å². The van der Waals surface area contributed by atoms with Crippen molar-refractivity contribution in [3.63, 3.8) is 0 Å². The third-order valence-electron chi connectivity index (χ3n) is 15.2. The van der Waals surface area contributed by atoms with E-state index in [9.17, 15) is 14.4 Å². The highest BCUT2D eigenvalue weighted by Gasteiger charge is 2.35. The van der Waals surface area contributed by atoms with E-state index in [0.717, 1.165) is 153 Å². The van der Waals surface area contributed by atoms with Crippen LogP contribution in [0.3, 0.4) is 0 Å². The number of nitrogens with two attached hydrogens (primary N) is 3. The summed E-state index contributed by atoms with van der Waals surface area (Å²) < 4.78 is 3.08. The lowest BCUT2D eigenvalue weighted by Crippen LogP contribution is -2.33. The Hall–Kier alpha value is -7.10. The summed E-state index contributed by atoms with van der Waals surface area (Å²) in [6, 6.07) is 24.0. The zero-order chi connectivity index (χ0) is 49.1. The number of carboxylic acid groups (broad SMARTS) is 1. The molecule has 8 N–H and O–H groups in total. The van der Waals surface area contributed by atoms with Gasteiger partial charge in [-0.1, -0.05) is 62.0 Å². The van der Waals surface area contributed by atoms with E-state index in [-0.39, 0.29) is 37.0 Å². The van der Waals surface area contributed by atoms with Gasteiger partial charge in [0.25, 0.3) is 11.8 Å². The number of carboxylic acids is 1. The number of aromatic amines is 1. The molecule has 6 aromatic rings. The third kappa shape index (κ3) is 10.2. The average molecular weight is 965 g/mol. The number of nitrogens with one attached hydrogen (secondary N) is 1. The van der Waals surface area contributed by atoms with Crippen molar-refractivity contribution < 1.29 is 19.5 Å². The lowest BCUT2D eigenvalue weighted by molar-refractivity contribution is -0.139. The Balaban J connectivity index is 0.000000132. The summed E-state index contributed by atoms with van der Waals surface area (Å²) in [5.74, 6) is 0.537. The maximum Gasteiger partial charge on any atom is 0.311 e. The van der Waals surface area contributed by atoms with E-state index in [0.29, 0.717) is 23.9 Å². The number of benzene rings is 3. The molecule has 376 valence electrons. The number of nitrogens with zero attached hydrogens (tertiary/aromatic N) is 8. The van der Waals surface area contributed by atoms with Gasteiger partial charge in [0.15, 0.2) is 0 Å². The van der Waals surface area contributed by atoms with Crippen LogP contribution >= 0.6 is 0 Å². The van der Waals surface area contributed by atoms with Crippen LogP contribution in [0.5, 0.6) is 0 Å². The van der Waals surface area contributed by atoms with Gasteiger partial charge in [0, 0.05) is 80.2 Å². The molecule has 3 aromatic carbocycles. The number of fused-ring (bicyclic) bond motifs is 6. The maximum atomic E-state index is 13.2. The number of carbonyl (C=O) groups is 3. The number of carbonyl (C=O) groups excluding carboxylic acids is 2. The van der Waals surface area contributed by atoms with Crippen LogP contribution in [0, 0.1) is 0 Å². The lowest BCUT2D eigenvalue weighted by Gasteiger charge is -2.32. The molecule has 0 saturated heterocycles. The molecule has 0 spiro atoms. The maximum absolute atomic E-state index is 13.2. The molecule has 71 heavy (non-hydrogen) atoms. The first-order valence-corrected chi connectivity index (χ1v) is 25.2. The molecule has 16 nitrogen and oxygen atoms in total. The second-order valence-electron chi connectivity index (χ2n) is 19.6. The molecule has 6 heterocycles. The molecule has 0 fully saturated rings. The van der Waals surface area contributed by atoms with Crippen LogP contribution in [0.4, 0.5) is 34.5 Å². The molecule has 6 aliphatic rings. The molecule has 0 bridgehead atoms. The van der Waals surface area contributed by atoms with E-state index in [1.165, 1.54) is 28.8 Å². The zero-order valence-corrected chi connectivity index (χ0v) is 40.9. The Labute approximate surface area is 417 Å². The predicted molar refractivity (Wildman–Crippen MR) is 283 cm³/mol. The van der Waals surface area contributed by atoms with Gasteiger partial charge in [-0.25, -0.2) is 4.68 Å². The molecule has 3 aliphatic carbocycles. The van der Waals surface area contributed by atoms with Gasteiger partial charge in [0.1, 0.15) is 17.5 Å². The fraction of sp³-hybridized carbons (Fsp3) is 0.455. The van der Waals surface area contributed by atoms with Crippen LogP contribution in [-0.4, -0.2) is 93.4 Å². The van der Waals surface area contributed by atoms with Gasteiger partial charge in [-0.3, -0.25) is 19.5 Å². The van der Waals surface area contributed by atoms with Gasteiger partial charge < -0.3 is 37.0 Å². The largest absolute Gasteiger partial charge is 0.481 e. The summed E-state index contributed by atoms with van der Waals surface area (Å²) in [7, 11) is 6.14. The summed E-state index contributed by atoms with van der Waals surface area (Å²) in [6.45, 7) is 2.56. The second kappa shape index (κ2) is 21.9. The van der Waals surface area contributed by atoms with Crippen molar-refractivity contribution in [3.8, 4) is 0 Å². The molecule has 3 aromatic heterocycles. The molecule has 3 atom stereocenters. The van der Waals surface area contributed by atoms with Gasteiger partial charge in [-0.15, -0.1) is 5.10 Å². The Morgan fingerprint density at radius 3 is 1.54 bits per heavy atom. The summed E-state index contributed by atoms with van der Waals surface area (Å²) in [5, 5.41) is 24.9. The Morgan fingerprint density at radius 1 is 0.549 bits per heavy atom. The number of rotatable bonds is 3. The van der Waals surface area contributed by atoms with Crippen LogP contribution in [-0.2, 0) is 43.3 Å². The van der Waals surface area contributed by atoms with Gasteiger partial charge >= 0.3 is 5.97 Å². The SMILES string of the molecule is C.CN1CCC(C(=O)O)c2ccccc21.CN1CCC(C(=O)n2nc(N)c3c2CCCC3)c2ccccc21.CN1CCC(C(=O)n2nc3c(c2N)CCCC3)c2ccccc21.Nc1n[nH]c2c1CCCC2. The van der Waals surface area contributed by atoms with Crippen LogP contribution < -0.4 is 31.9 Å². The molecular formula is C55H72N12O4. The van der Waals surface area contributed by atoms with Gasteiger partial charge in [-0.05, 0) is 131 Å². The first-order chi connectivity index (χ1) is 33.9. The molecule has 0 amide bonds. The van der Waals surface area contributed by atoms with Crippen LogP contribution in [0.2, 0.25) is 0 Å². The molecule has 12 rings (SSSR count). The number of nitrogen functional groups attached to an aromatic ring is 3.